The van der Waals surface area contributed by atoms with Crippen molar-refractivity contribution in [3.63, 3.8) is 0 Å². The van der Waals surface area contributed by atoms with E-state index in [0.717, 1.165) is 25.3 Å². The molecule has 1 rings (SSSR count). The average molecular weight is 223 g/mol. The summed E-state index contributed by atoms with van der Waals surface area (Å²) in [6.45, 7) is 5.34. The Bertz CT molecular complexity index is 275. The van der Waals surface area contributed by atoms with E-state index >= 15 is 0 Å². The van der Waals surface area contributed by atoms with E-state index in [-0.39, 0.29) is 6.10 Å². The van der Waals surface area contributed by atoms with Gasteiger partial charge in [-0.3, -0.25) is 9.88 Å². The second-order valence-electron chi connectivity index (χ2n) is 3.74. The van der Waals surface area contributed by atoms with Gasteiger partial charge in [0.2, 0.25) is 0 Å². The molecule has 0 amide bonds. The van der Waals surface area contributed by atoms with Crippen LogP contribution in [0, 0.1) is 0 Å². The number of nitrogens with two attached hydrogens (primary N) is 1. The lowest BCUT2D eigenvalue weighted by Crippen LogP contribution is -2.37. The number of pyridine rings is 1. The van der Waals surface area contributed by atoms with Crippen molar-refractivity contribution in [1.82, 2.24) is 9.88 Å². The topological polar surface area (TPSA) is 51.4 Å². The van der Waals surface area contributed by atoms with E-state index < -0.39 is 0 Å². The molecule has 0 saturated carbocycles. The van der Waals surface area contributed by atoms with Crippen molar-refractivity contribution in [1.29, 1.82) is 0 Å². The fourth-order valence-corrected chi connectivity index (χ4v) is 1.56. The third kappa shape index (κ3) is 4.26. The zero-order valence-corrected chi connectivity index (χ0v) is 10.1. The van der Waals surface area contributed by atoms with Crippen molar-refractivity contribution in [2.24, 2.45) is 5.73 Å². The molecule has 90 valence electrons. The fourth-order valence-electron chi connectivity index (χ4n) is 1.56. The summed E-state index contributed by atoms with van der Waals surface area (Å²) < 4.78 is 5.28. The molecule has 0 spiro atoms. The van der Waals surface area contributed by atoms with Crippen LogP contribution in [0.5, 0.6) is 0 Å². The first kappa shape index (κ1) is 13.1. The molecule has 0 radical (unpaired) electrons. The lowest BCUT2D eigenvalue weighted by Gasteiger charge is -2.24. The zero-order chi connectivity index (χ0) is 11.8. The molecule has 0 aliphatic rings. The molecule has 2 N–H and O–H groups in total. The summed E-state index contributed by atoms with van der Waals surface area (Å²) >= 11 is 0. The van der Waals surface area contributed by atoms with Crippen LogP contribution in [0.1, 0.15) is 12.6 Å². The molecule has 1 heterocycles. The van der Waals surface area contributed by atoms with E-state index in [1.807, 2.05) is 24.4 Å². The van der Waals surface area contributed by atoms with Gasteiger partial charge in [-0.1, -0.05) is 13.0 Å². The molecule has 1 aromatic rings. The summed E-state index contributed by atoms with van der Waals surface area (Å²) in [5.74, 6) is 0. The molecule has 0 aliphatic carbocycles. The minimum absolute atomic E-state index is 0.101. The quantitative estimate of drug-likeness (QED) is 0.745. The molecule has 4 heteroatoms. The van der Waals surface area contributed by atoms with Crippen molar-refractivity contribution >= 4 is 0 Å². The van der Waals surface area contributed by atoms with Crippen LogP contribution in [-0.2, 0) is 11.3 Å². The van der Waals surface area contributed by atoms with Crippen LogP contribution in [0.4, 0.5) is 0 Å². The molecular formula is C12H21N3O. The second-order valence-corrected chi connectivity index (χ2v) is 3.74. The largest absolute Gasteiger partial charge is 0.379 e. The number of aromatic nitrogens is 1. The van der Waals surface area contributed by atoms with Gasteiger partial charge in [-0.05, 0) is 18.7 Å². The molecule has 1 atom stereocenters. The van der Waals surface area contributed by atoms with Crippen molar-refractivity contribution in [3.05, 3.63) is 30.1 Å². The molecule has 0 aromatic carbocycles. The summed E-state index contributed by atoms with van der Waals surface area (Å²) in [5, 5.41) is 0. The highest BCUT2D eigenvalue weighted by atomic mass is 16.5. The Labute approximate surface area is 97.4 Å². The van der Waals surface area contributed by atoms with Gasteiger partial charge in [0.15, 0.2) is 0 Å². The fraction of sp³-hybridized carbons (Fsp3) is 0.583. The van der Waals surface area contributed by atoms with E-state index in [0.29, 0.717) is 6.54 Å². The van der Waals surface area contributed by atoms with Gasteiger partial charge >= 0.3 is 0 Å². The van der Waals surface area contributed by atoms with Crippen molar-refractivity contribution in [2.45, 2.75) is 19.6 Å². The average Bonchev–Trinajstić information content (AvgIpc) is 2.35. The van der Waals surface area contributed by atoms with E-state index in [1.54, 1.807) is 7.11 Å². The number of methoxy groups -OCH3 is 1. The van der Waals surface area contributed by atoms with Gasteiger partial charge in [0, 0.05) is 32.9 Å². The maximum absolute atomic E-state index is 5.61. The van der Waals surface area contributed by atoms with Crippen LogP contribution < -0.4 is 5.73 Å². The van der Waals surface area contributed by atoms with Crippen LogP contribution in [0.3, 0.4) is 0 Å². The Kier molecular flexibility index (Phi) is 6.00. The molecule has 0 fully saturated rings. The lowest BCUT2D eigenvalue weighted by molar-refractivity contribution is 0.0687. The highest BCUT2D eigenvalue weighted by Gasteiger charge is 2.11. The van der Waals surface area contributed by atoms with E-state index in [9.17, 15) is 0 Å². The number of hydrogen-bond donors (Lipinski definition) is 1. The van der Waals surface area contributed by atoms with Crippen molar-refractivity contribution in [2.75, 3.05) is 26.7 Å². The maximum atomic E-state index is 5.61. The SMILES string of the molecule is CCN(Cc1ccccn1)CC(CN)OC. The summed E-state index contributed by atoms with van der Waals surface area (Å²) in [6.07, 6.45) is 1.92. The predicted molar refractivity (Wildman–Crippen MR) is 65.0 cm³/mol. The lowest BCUT2D eigenvalue weighted by atomic mass is 10.3. The van der Waals surface area contributed by atoms with Gasteiger partial charge in [-0.2, -0.15) is 0 Å². The molecule has 1 aromatic heterocycles. The third-order valence-electron chi connectivity index (χ3n) is 2.62. The van der Waals surface area contributed by atoms with Crippen LogP contribution in [0.2, 0.25) is 0 Å². The van der Waals surface area contributed by atoms with Crippen molar-refractivity contribution < 1.29 is 4.74 Å². The Balaban J connectivity index is 2.49. The maximum Gasteiger partial charge on any atom is 0.0820 e. The molecule has 0 saturated heterocycles. The monoisotopic (exact) mass is 223 g/mol. The van der Waals surface area contributed by atoms with Crippen molar-refractivity contribution in [3.8, 4) is 0 Å². The standard InChI is InChI=1S/C12H21N3O/c1-3-15(10-12(8-13)16-2)9-11-6-4-5-7-14-11/h4-7,12H,3,8-10,13H2,1-2H3. The van der Waals surface area contributed by atoms with E-state index in [2.05, 4.69) is 16.8 Å². The second kappa shape index (κ2) is 7.33. The first-order valence-corrected chi connectivity index (χ1v) is 5.65. The first-order chi connectivity index (χ1) is 7.80. The number of rotatable bonds is 7. The molecule has 16 heavy (non-hydrogen) atoms. The van der Waals surface area contributed by atoms with Gasteiger partial charge < -0.3 is 10.5 Å². The minimum atomic E-state index is 0.101. The smallest absolute Gasteiger partial charge is 0.0820 e. The summed E-state index contributed by atoms with van der Waals surface area (Å²) in [6, 6.07) is 5.97. The van der Waals surface area contributed by atoms with Gasteiger partial charge in [0.1, 0.15) is 0 Å². The summed E-state index contributed by atoms with van der Waals surface area (Å²) in [7, 11) is 1.70. The molecular weight excluding hydrogens is 202 g/mol. The number of likely N-dealkylation sites (N-methyl/N-ethyl adjacent to an activating group) is 1. The first-order valence-electron chi connectivity index (χ1n) is 5.65. The van der Waals surface area contributed by atoms with E-state index in [4.69, 9.17) is 10.5 Å². The van der Waals surface area contributed by atoms with Crippen LogP contribution >= 0.6 is 0 Å². The van der Waals surface area contributed by atoms with Gasteiger partial charge in [0.05, 0.1) is 11.8 Å². The summed E-state index contributed by atoms with van der Waals surface area (Å²) in [5.41, 5.74) is 6.69. The normalized spacial score (nSPS) is 13.0. The number of hydrogen-bond acceptors (Lipinski definition) is 4. The van der Waals surface area contributed by atoms with Crippen LogP contribution in [0.15, 0.2) is 24.4 Å². The zero-order valence-electron chi connectivity index (χ0n) is 10.1. The molecule has 0 aliphatic heterocycles. The Morgan fingerprint density at radius 3 is 2.81 bits per heavy atom. The number of nitrogens with zero attached hydrogens (tertiary/aromatic N) is 2. The molecule has 0 bridgehead atoms. The molecule has 4 nitrogen and oxygen atoms in total. The molecule has 1 unspecified atom stereocenters. The number of ether oxygens (including phenoxy) is 1. The Morgan fingerprint density at radius 2 is 2.31 bits per heavy atom. The summed E-state index contributed by atoms with van der Waals surface area (Å²) in [4.78, 5) is 6.59. The van der Waals surface area contributed by atoms with E-state index in [1.165, 1.54) is 0 Å². The third-order valence-corrected chi connectivity index (χ3v) is 2.62. The van der Waals surface area contributed by atoms with Gasteiger partial charge in [-0.25, -0.2) is 0 Å². The van der Waals surface area contributed by atoms with Gasteiger partial charge in [-0.15, -0.1) is 0 Å². The predicted octanol–water partition coefficient (Wildman–Crippen LogP) is 0.877. The Hall–Kier alpha value is -0.970. The highest BCUT2D eigenvalue weighted by Crippen LogP contribution is 2.02. The van der Waals surface area contributed by atoms with Gasteiger partial charge in [0.25, 0.3) is 0 Å². The Morgan fingerprint density at radius 1 is 1.50 bits per heavy atom. The highest BCUT2D eigenvalue weighted by molar-refractivity contribution is 5.03. The van der Waals surface area contributed by atoms with Crippen LogP contribution in [-0.4, -0.2) is 42.7 Å². The minimum Gasteiger partial charge on any atom is -0.379 e. The van der Waals surface area contributed by atoms with Crippen LogP contribution in [0.25, 0.3) is 0 Å².